The summed E-state index contributed by atoms with van der Waals surface area (Å²) in [4.78, 5) is 40.0. The number of hydrogen-bond acceptors (Lipinski definition) is 5. The van der Waals surface area contributed by atoms with Crippen molar-refractivity contribution in [2.75, 3.05) is 26.2 Å². The Hall–Kier alpha value is -3.65. The van der Waals surface area contributed by atoms with E-state index >= 15 is 0 Å². The zero-order chi connectivity index (χ0) is 24.4. The molecule has 1 unspecified atom stereocenters. The minimum atomic E-state index is -0.791. The van der Waals surface area contributed by atoms with Gasteiger partial charge in [-0.3, -0.25) is 9.59 Å². The molecule has 1 aromatic heterocycles. The molecule has 1 fully saturated rings. The van der Waals surface area contributed by atoms with Crippen LogP contribution in [-0.4, -0.2) is 53.9 Å². The first-order valence-corrected chi connectivity index (χ1v) is 11.0. The van der Waals surface area contributed by atoms with Crippen molar-refractivity contribution in [2.45, 2.75) is 13.0 Å². The number of benzene rings is 2. The molecular weight excluding hydrogens is 463 g/mol. The summed E-state index contributed by atoms with van der Waals surface area (Å²) in [6.07, 6.45) is 0.470. The zero-order valence-corrected chi connectivity index (χ0v) is 19.2. The minimum Gasteiger partial charge on any atom is -0.481 e. The van der Waals surface area contributed by atoms with Gasteiger partial charge < -0.3 is 19.0 Å². The summed E-state index contributed by atoms with van der Waals surface area (Å²) in [5, 5.41) is 0.753. The number of fused-ring (bicyclic) bond motifs is 1. The predicted octanol–water partition coefficient (Wildman–Crippen LogP) is 3.88. The molecule has 0 N–H and O–H groups in total. The highest BCUT2D eigenvalue weighted by molar-refractivity contribution is 6.33. The molecule has 2 amide bonds. The molecule has 3 aromatic rings. The van der Waals surface area contributed by atoms with Crippen LogP contribution in [0.5, 0.6) is 5.75 Å². The molecule has 1 aliphatic heterocycles. The van der Waals surface area contributed by atoms with Gasteiger partial charge in [0.15, 0.2) is 6.10 Å². The second kappa shape index (κ2) is 9.69. The SMILES string of the molecule is C=CC(=O)N1CCN(C(=O)C(C)Oc2ccc3c(-c4ccc(F)cc4Cl)cc(=O)oc3c2)CC1. The van der Waals surface area contributed by atoms with Gasteiger partial charge >= 0.3 is 5.63 Å². The van der Waals surface area contributed by atoms with E-state index in [0.29, 0.717) is 48.4 Å². The Labute approximate surface area is 200 Å². The van der Waals surface area contributed by atoms with Crippen LogP contribution in [0.2, 0.25) is 5.02 Å². The summed E-state index contributed by atoms with van der Waals surface area (Å²) in [5.41, 5.74) is 0.638. The van der Waals surface area contributed by atoms with Gasteiger partial charge in [-0.2, -0.15) is 0 Å². The normalized spacial score (nSPS) is 14.7. The van der Waals surface area contributed by atoms with Crippen LogP contribution in [0.25, 0.3) is 22.1 Å². The third kappa shape index (κ3) is 4.82. The highest BCUT2D eigenvalue weighted by Gasteiger charge is 2.27. The summed E-state index contributed by atoms with van der Waals surface area (Å²) in [6, 6.07) is 10.1. The van der Waals surface area contributed by atoms with Gasteiger partial charge in [0.1, 0.15) is 17.1 Å². The van der Waals surface area contributed by atoms with Crippen LogP contribution in [0.1, 0.15) is 6.92 Å². The minimum absolute atomic E-state index is 0.157. The van der Waals surface area contributed by atoms with Crippen molar-refractivity contribution in [2.24, 2.45) is 0 Å². The number of halogens is 2. The lowest BCUT2D eigenvalue weighted by Crippen LogP contribution is -2.53. The van der Waals surface area contributed by atoms with E-state index in [1.807, 2.05) is 0 Å². The Balaban J connectivity index is 1.53. The van der Waals surface area contributed by atoms with E-state index < -0.39 is 17.5 Å². The Morgan fingerprint density at radius 2 is 1.79 bits per heavy atom. The molecule has 34 heavy (non-hydrogen) atoms. The lowest BCUT2D eigenvalue weighted by atomic mass is 10.0. The molecule has 0 saturated carbocycles. The van der Waals surface area contributed by atoms with Crippen LogP contribution < -0.4 is 10.4 Å². The van der Waals surface area contributed by atoms with Gasteiger partial charge in [0, 0.05) is 54.8 Å². The van der Waals surface area contributed by atoms with E-state index in [4.69, 9.17) is 20.8 Å². The van der Waals surface area contributed by atoms with E-state index in [-0.39, 0.29) is 22.4 Å². The molecule has 0 bridgehead atoms. The monoisotopic (exact) mass is 484 g/mol. The fourth-order valence-electron chi connectivity index (χ4n) is 3.94. The zero-order valence-electron chi connectivity index (χ0n) is 18.4. The van der Waals surface area contributed by atoms with Crippen molar-refractivity contribution in [3.05, 3.63) is 76.4 Å². The predicted molar refractivity (Wildman–Crippen MR) is 126 cm³/mol. The molecule has 1 saturated heterocycles. The van der Waals surface area contributed by atoms with Crippen LogP contribution >= 0.6 is 11.6 Å². The first-order chi connectivity index (χ1) is 16.3. The first-order valence-electron chi connectivity index (χ1n) is 10.7. The van der Waals surface area contributed by atoms with E-state index in [1.54, 1.807) is 28.9 Å². The number of ether oxygens (including phenoxy) is 1. The van der Waals surface area contributed by atoms with Crippen LogP contribution in [-0.2, 0) is 9.59 Å². The van der Waals surface area contributed by atoms with Crippen LogP contribution in [0, 0.1) is 5.82 Å². The van der Waals surface area contributed by atoms with Gasteiger partial charge in [-0.05, 0) is 43.3 Å². The number of rotatable bonds is 5. The molecule has 0 radical (unpaired) electrons. The molecule has 2 aromatic carbocycles. The number of carbonyl (C=O) groups excluding carboxylic acids is 2. The second-order valence-electron chi connectivity index (χ2n) is 7.88. The fourth-order valence-corrected chi connectivity index (χ4v) is 4.20. The molecule has 176 valence electrons. The van der Waals surface area contributed by atoms with Gasteiger partial charge in [-0.25, -0.2) is 9.18 Å². The molecule has 0 aliphatic carbocycles. The van der Waals surface area contributed by atoms with Gasteiger partial charge in [-0.15, -0.1) is 0 Å². The second-order valence-corrected chi connectivity index (χ2v) is 8.28. The van der Waals surface area contributed by atoms with Crippen molar-refractivity contribution >= 4 is 34.4 Å². The Morgan fingerprint density at radius 1 is 1.09 bits per heavy atom. The van der Waals surface area contributed by atoms with Gasteiger partial charge in [0.05, 0.1) is 5.02 Å². The van der Waals surface area contributed by atoms with Crippen molar-refractivity contribution in [1.29, 1.82) is 0 Å². The van der Waals surface area contributed by atoms with Crippen LogP contribution in [0.15, 0.2) is 64.3 Å². The van der Waals surface area contributed by atoms with Crippen molar-refractivity contribution in [3.63, 3.8) is 0 Å². The number of hydrogen-bond donors (Lipinski definition) is 0. The maximum absolute atomic E-state index is 13.5. The van der Waals surface area contributed by atoms with Crippen molar-refractivity contribution < 1.29 is 23.1 Å². The van der Waals surface area contributed by atoms with Crippen LogP contribution in [0.4, 0.5) is 4.39 Å². The first kappa shape index (κ1) is 23.5. The maximum atomic E-state index is 13.5. The Kier molecular flexibility index (Phi) is 6.70. The highest BCUT2D eigenvalue weighted by atomic mass is 35.5. The molecule has 4 rings (SSSR count). The smallest absolute Gasteiger partial charge is 0.336 e. The summed E-state index contributed by atoms with van der Waals surface area (Å²) < 4.78 is 24.6. The summed E-state index contributed by atoms with van der Waals surface area (Å²) in [7, 11) is 0. The number of amides is 2. The molecule has 0 spiro atoms. The van der Waals surface area contributed by atoms with Gasteiger partial charge in [-0.1, -0.05) is 18.2 Å². The lowest BCUT2D eigenvalue weighted by Gasteiger charge is -2.35. The maximum Gasteiger partial charge on any atom is 0.336 e. The summed E-state index contributed by atoms with van der Waals surface area (Å²) in [5.74, 6) is -0.502. The molecule has 2 heterocycles. The summed E-state index contributed by atoms with van der Waals surface area (Å²) >= 11 is 6.19. The Bertz CT molecular complexity index is 1330. The number of piperazine rings is 1. The average Bonchev–Trinajstić information content (AvgIpc) is 2.82. The molecule has 7 nitrogen and oxygen atoms in total. The number of nitrogens with zero attached hydrogens (tertiary/aromatic N) is 2. The van der Waals surface area contributed by atoms with Crippen LogP contribution in [0.3, 0.4) is 0 Å². The van der Waals surface area contributed by atoms with E-state index in [0.717, 1.165) is 0 Å². The molecule has 9 heteroatoms. The topological polar surface area (TPSA) is 80.1 Å². The van der Waals surface area contributed by atoms with Crippen molar-refractivity contribution in [3.8, 4) is 16.9 Å². The summed E-state index contributed by atoms with van der Waals surface area (Å²) in [6.45, 7) is 6.79. The van der Waals surface area contributed by atoms with E-state index in [1.165, 1.54) is 36.4 Å². The van der Waals surface area contributed by atoms with Crippen molar-refractivity contribution in [1.82, 2.24) is 9.80 Å². The molecule has 1 aliphatic rings. The standard InChI is InChI=1S/C25H22ClFN2O5/c1-3-23(30)28-8-10-29(11-9-28)25(32)15(2)33-17-5-7-19-20(14-24(31)34-22(19)13-17)18-6-4-16(27)12-21(18)26/h3-7,12-15H,1,8-11H2,2H3. The lowest BCUT2D eigenvalue weighted by molar-refractivity contribution is -0.142. The third-order valence-electron chi connectivity index (χ3n) is 5.68. The van der Waals surface area contributed by atoms with E-state index in [9.17, 15) is 18.8 Å². The number of carbonyl (C=O) groups is 2. The Morgan fingerprint density at radius 3 is 2.47 bits per heavy atom. The quantitative estimate of drug-likeness (QED) is 0.405. The van der Waals surface area contributed by atoms with Gasteiger partial charge in [0.2, 0.25) is 5.91 Å². The van der Waals surface area contributed by atoms with E-state index in [2.05, 4.69) is 6.58 Å². The highest BCUT2D eigenvalue weighted by Crippen LogP contribution is 2.34. The average molecular weight is 485 g/mol. The largest absolute Gasteiger partial charge is 0.481 e. The third-order valence-corrected chi connectivity index (χ3v) is 5.99. The molecule has 1 atom stereocenters. The fraction of sp³-hybridized carbons (Fsp3) is 0.240. The molecular formula is C25H22ClFN2O5. The van der Waals surface area contributed by atoms with Gasteiger partial charge in [0.25, 0.3) is 5.91 Å².